The Morgan fingerprint density at radius 2 is 1.77 bits per heavy atom. The van der Waals surface area contributed by atoms with Crippen molar-refractivity contribution in [2.45, 2.75) is 30.6 Å². The molecule has 0 radical (unpaired) electrons. The number of nitrogens with zero attached hydrogens (tertiary/aromatic N) is 1. The van der Waals surface area contributed by atoms with Crippen LogP contribution in [0.1, 0.15) is 25.8 Å². The topological polar surface area (TPSA) is 112 Å². The van der Waals surface area contributed by atoms with Gasteiger partial charge in [0.05, 0.1) is 16.1 Å². The van der Waals surface area contributed by atoms with Crippen LogP contribution in [0.3, 0.4) is 0 Å². The summed E-state index contributed by atoms with van der Waals surface area (Å²) in [6.07, 6.45) is 2.11. The monoisotopic (exact) mass is 348 g/mol. The Labute approximate surface area is 129 Å². The lowest BCUT2D eigenvalue weighted by Gasteiger charge is -2.11. The molecule has 0 spiro atoms. The van der Waals surface area contributed by atoms with Crippen molar-refractivity contribution < 1.29 is 30.5 Å². The van der Waals surface area contributed by atoms with Crippen LogP contribution in [0.15, 0.2) is 23.1 Å². The summed E-state index contributed by atoms with van der Waals surface area (Å²) in [7, 11) is -8.27. The van der Waals surface area contributed by atoms with Crippen molar-refractivity contribution >= 4 is 32.1 Å². The number of hydrogen-bond acceptors (Lipinski definition) is 4. The van der Waals surface area contributed by atoms with Gasteiger partial charge in [-0.1, -0.05) is 0 Å². The van der Waals surface area contributed by atoms with Gasteiger partial charge in [-0.05, 0) is 26.0 Å². The summed E-state index contributed by atoms with van der Waals surface area (Å²) in [5, 5.41) is 0. The smallest absolute Gasteiger partial charge is 0.286 e. The molecule has 7 nitrogen and oxygen atoms in total. The second kappa shape index (κ2) is 5.41. The van der Waals surface area contributed by atoms with Crippen molar-refractivity contribution in [1.82, 2.24) is 0 Å². The molecule has 0 saturated carbocycles. The van der Waals surface area contributed by atoms with E-state index in [2.05, 4.69) is 0 Å². The van der Waals surface area contributed by atoms with Gasteiger partial charge in [-0.25, -0.2) is 4.58 Å². The standard InChI is InChI=1S/C13H17NO6S2/c1-13(2)9-14(6-3-7-21(15,16)17)12-5-4-10(8-11(12)13)22(18,19)20/h4-5,8-9H,3,6-7H2,1-2H3,(H-,15,16,17,18,19,20)/p+1. The first-order valence-electron chi connectivity index (χ1n) is 6.60. The van der Waals surface area contributed by atoms with Gasteiger partial charge in [0.15, 0.2) is 6.21 Å². The zero-order chi connectivity index (χ0) is 16.8. The molecule has 1 aliphatic heterocycles. The maximum atomic E-state index is 11.2. The van der Waals surface area contributed by atoms with E-state index in [1.807, 2.05) is 24.6 Å². The minimum Gasteiger partial charge on any atom is -0.286 e. The molecule has 0 unspecified atom stereocenters. The summed E-state index contributed by atoms with van der Waals surface area (Å²) in [4.78, 5) is -0.174. The SMILES string of the molecule is CC1(C)C=[N+](CCCS(=O)(=O)O)c2ccc(S(=O)(=O)O)cc21. The third kappa shape index (κ3) is 3.72. The van der Waals surface area contributed by atoms with Gasteiger partial charge in [0.2, 0.25) is 5.69 Å². The fourth-order valence-electron chi connectivity index (χ4n) is 2.57. The van der Waals surface area contributed by atoms with Crippen molar-refractivity contribution in [3.8, 4) is 0 Å². The van der Waals surface area contributed by atoms with Crippen molar-refractivity contribution in [2.24, 2.45) is 0 Å². The summed E-state index contributed by atoms with van der Waals surface area (Å²) < 4.78 is 63.8. The van der Waals surface area contributed by atoms with Crippen LogP contribution in [0.25, 0.3) is 0 Å². The largest absolute Gasteiger partial charge is 0.294 e. The minimum atomic E-state index is -4.27. The molecular formula is C13H18NO6S2+. The molecule has 2 N–H and O–H groups in total. The van der Waals surface area contributed by atoms with Crippen LogP contribution in [-0.4, -0.2) is 49.0 Å². The first kappa shape index (κ1) is 17.1. The minimum absolute atomic E-state index is 0.174. The molecule has 0 bridgehead atoms. The van der Waals surface area contributed by atoms with Gasteiger partial charge in [0, 0.05) is 18.1 Å². The van der Waals surface area contributed by atoms with Crippen molar-refractivity contribution in [1.29, 1.82) is 0 Å². The van der Waals surface area contributed by atoms with Crippen LogP contribution in [-0.2, 0) is 25.7 Å². The number of benzene rings is 1. The van der Waals surface area contributed by atoms with E-state index >= 15 is 0 Å². The lowest BCUT2D eigenvalue weighted by atomic mass is 9.87. The number of rotatable bonds is 5. The lowest BCUT2D eigenvalue weighted by Crippen LogP contribution is -2.18. The van der Waals surface area contributed by atoms with Crippen LogP contribution in [0.5, 0.6) is 0 Å². The molecular weight excluding hydrogens is 330 g/mol. The fourth-order valence-corrected chi connectivity index (χ4v) is 3.57. The van der Waals surface area contributed by atoms with Gasteiger partial charge in [0.25, 0.3) is 20.2 Å². The van der Waals surface area contributed by atoms with E-state index in [1.54, 1.807) is 6.07 Å². The molecule has 0 atom stereocenters. The Hall–Kier alpha value is -1.29. The second-order valence-corrected chi connectivity index (χ2v) is 8.83. The fraction of sp³-hybridized carbons (Fsp3) is 0.462. The van der Waals surface area contributed by atoms with Crippen molar-refractivity contribution in [2.75, 3.05) is 12.3 Å². The second-order valence-electron chi connectivity index (χ2n) is 5.84. The average molecular weight is 348 g/mol. The summed E-state index contributed by atoms with van der Waals surface area (Å²) in [6.45, 7) is 4.16. The summed E-state index contributed by atoms with van der Waals surface area (Å²) in [5.41, 5.74) is 1.04. The van der Waals surface area contributed by atoms with Gasteiger partial charge in [-0.2, -0.15) is 16.8 Å². The predicted octanol–water partition coefficient (Wildman–Crippen LogP) is 1.22. The Bertz CT molecular complexity index is 837. The molecule has 1 aromatic rings. The molecule has 122 valence electrons. The molecule has 1 heterocycles. The van der Waals surface area contributed by atoms with Crippen LogP contribution < -0.4 is 0 Å². The highest BCUT2D eigenvalue weighted by molar-refractivity contribution is 7.86. The Balaban J connectivity index is 2.32. The maximum absolute atomic E-state index is 11.2. The van der Waals surface area contributed by atoms with Gasteiger partial charge < -0.3 is 0 Å². The number of hydrogen-bond donors (Lipinski definition) is 2. The van der Waals surface area contributed by atoms with E-state index in [0.717, 1.165) is 11.3 Å². The maximum Gasteiger partial charge on any atom is 0.294 e. The Kier molecular flexibility index (Phi) is 4.20. The van der Waals surface area contributed by atoms with Crippen LogP contribution >= 0.6 is 0 Å². The molecule has 0 aliphatic carbocycles. The van der Waals surface area contributed by atoms with E-state index in [1.165, 1.54) is 12.1 Å². The van der Waals surface area contributed by atoms with E-state index in [-0.39, 0.29) is 17.1 Å². The molecule has 2 rings (SSSR count). The van der Waals surface area contributed by atoms with Gasteiger partial charge in [0.1, 0.15) is 6.54 Å². The van der Waals surface area contributed by atoms with E-state index in [0.29, 0.717) is 6.54 Å². The van der Waals surface area contributed by atoms with E-state index in [4.69, 9.17) is 9.11 Å². The molecule has 0 saturated heterocycles. The third-order valence-corrected chi connectivity index (χ3v) is 5.20. The molecule has 0 amide bonds. The average Bonchev–Trinajstić information content (AvgIpc) is 2.58. The normalized spacial score (nSPS) is 17.2. The summed E-state index contributed by atoms with van der Waals surface area (Å²) in [6, 6.07) is 4.31. The van der Waals surface area contributed by atoms with Crippen molar-refractivity contribution in [3.05, 3.63) is 23.8 Å². The highest BCUT2D eigenvalue weighted by atomic mass is 32.2. The molecule has 0 fully saturated rings. The first-order chi connectivity index (χ1) is 9.90. The van der Waals surface area contributed by atoms with E-state index < -0.39 is 25.7 Å². The number of fused-ring (bicyclic) bond motifs is 1. The summed E-state index contributed by atoms with van der Waals surface area (Å²) >= 11 is 0. The Morgan fingerprint density at radius 3 is 2.32 bits per heavy atom. The van der Waals surface area contributed by atoms with Crippen LogP contribution in [0.4, 0.5) is 5.69 Å². The Morgan fingerprint density at radius 1 is 1.14 bits per heavy atom. The van der Waals surface area contributed by atoms with Crippen molar-refractivity contribution in [3.63, 3.8) is 0 Å². The predicted molar refractivity (Wildman–Crippen MR) is 81.2 cm³/mol. The van der Waals surface area contributed by atoms with Gasteiger partial charge >= 0.3 is 0 Å². The molecule has 22 heavy (non-hydrogen) atoms. The zero-order valence-corrected chi connectivity index (χ0v) is 13.9. The van der Waals surface area contributed by atoms with Gasteiger partial charge in [-0.3, -0.25) is 9.11 Å². The van der Waals surface area contributed by atoms with E-state index in [9.17, 15) is 16.8 Å². The molecule has 1 aliphatic rings. The molecule has 1 aromatic carbocycles. The first-order valence-corrected chi connectivity index (χ1v) is 9.65. The van der Waals surface area contributed by atoms with Crippen LogP contribution in [0, 0.1) is 0 Å². The highest BCUT2D eigenvalue weighted by Gasteiger charge is 2.37. The zero-order valence-electron chi connectivity index (χ0n) is 12.2. The third-order valence-electron chi connectivity index (χ3n) is 3.55. The van der Waals surface area contributed by atoms with Gasteiger partial charge in [-0.15, -0.1) is 0 Å². The van der Waals surface area contributed by atoms with Crippen LogP contribution in [0.2, 0.25) is 0 Å². The molecule has 0 aromatic heterocycles. The summed E-state index contributed by atoms with van der Waals surface area (Å²) in [5.74, 6) is -0.337. The molecule has 9 heteroatoms. The quantitative estimate of drug-likeness (QED) is 0.611. The lowest BCUT2D eigenvalue weighted by molar-refractivity contribution is -0.433. The highest BCUT2D eigenvalue weighted by Crippen LogP contribution is 2.37.